The van der Waals surface area contributed by atoms with Gasteiger partial charge in [0.25, 0.3) is 0 Å². The molecule has 25 heavy (non-hydrogen) atoms. The van der Waals surface area contributed by atoms with Crippen LogP contribution < -0.4 is 10.1 Å². The minimum atomic E-state index is 0.539. The molecule has 4 fully saturated rings. The number of hydrogen-bond acceptors (Lipinski definition) is 3. The number of ether oxygens (including phenoxy) is 1. The molecule has 0 radical (unpaired) electrons. The van der Waals surface area contributed by atoms with E-state index < -0.39 is 0 Å². The zero-order valence-electron chi connectivity index (χ0n) is 15.3. The Morgan fingerprint density at radius 2 is 1.76 bits per heavy atom. The molecule has 4 aliphatic carbocycles. The van der Waals surface area contributed by atoms with Gasteiger partial charge in [0, 0.05) is 23.3 Å². The summed E-state index contributed by atoms with van der Waals surface area (Å²) < 4.78 is 5.43. The third kappa shape index (κ3) is 2.68. The van der Waals surface area contributed by atoms with Crippen LogP contribution in [-0.2, 0) is 0 Å². The molecular weight excluding hydrogens is 308 g/mol. The van der Waals surface area contributed by atoms with Gasteiger partial charge in [-0.15, -0.1) is 0 Å². The molecule has 0 amide bonds. The Bertz CT molecular complexity index is 778. The summed E-state index contributed by atoms with van der Waals surface area (Å²) in [6.45, 7) is 3.20. The summed E-state index contributed by atoms with van der Waals surface area (Å²) in [5.74, 6) is 3.91. The Balaban J connectivity index is 1.44. The first-order valence-electron chi connectivity index (χ1n) is 9.82. The summed E-state index contributed by atoms with van der Waals surface area (Å²) in [6, 6.07) is 8.38. The quantitative estimate of drug-likeness (QED) is 0.835. The topological polar surface area (TPSA) is 34.1 Å². The van der Waals surface area contributed by atoms with Gasteiger partial charge in [-0.05, 0) is 92.9 Å². The van der Waals surface area contributed by atoms with Gasteiger partial charge in [-0.3, -0.25) is 4.98 Å². The fourth-order valence-corrected chi connectivity index (χ4v) is 6.40. The summed E-state index contributed by atoms with van der Waals surface area (Å²) in [7, 11) is 1.73. The fourth-order valence-electron chi connectivity index (χ4n) is 6.40. The Morgan fingerprint density at radius 1 is 1.08 bits per heavy atom. The third-order valence-electron chi connectivity index (χ3n) is 6.96. The standard InChI is InChI=1S/C22H28N2O/c1-14-5-21(19-9-18(25-2)3-4-20(19)24-14)23-13-22-10-15-6-16(11-22)8-17(7-15)12-22/h3-5,9,15-17H,6-8,10-13H2,1-2H3,(H,23,24). The average Bonchev–Trinajstić information content (AvgIpc) is 2.58. The number of benzene rings is 1. The van der Waals surface area contributed by atoms with E-state index in [1.54, 1.807) is 7.11 Å². The van der Waals surface area contributed by atoms with Crippen LogP contribution in [-0.4, -0.2) is 18.6 Å². The fraction of sp³-hybridized carbons (Fsp3) is 0.591. The summed E-state index contributed by atoms with van der Waals surface area (Å²) >= 11 is 0. The largest absolute Gasteiger partial charge is 0.497 e. The van der Waals surface area contributed by atoms with E-state index in [2.05, 4.69) is 30.4 Å². The molecule has 4 saturated carbocycles. The maximum Gasteiger partial charge on any atom is 0.119 e. The van der Waals surface area contributed by atoms with Crippen LogP contribution in [0.15, 0.2) is 24.3 Å². The molecule has 4 aliphatic rings. The highest BCUT2D eigenvalue weighted by Crippen LogP contribution is 2.60. The molecule has 0 atom stereocenters. The van der Waals surface area contributed by atoms with E-state index in [1.165, 1.54) is 49.6 Å². The van der Waals surface area contributed by atoms with Gasteiger partial charge in [0.05, 0.1) is 12.6 Å². The highest BCUT2D eigenvalue weighted by Gasteiger charge is 2.50. The zero-order chi connectivity index (χ0) is 17.0. The van der Waals surface area contributed by atoms with Crippen molar-refractivity contribution in [2.75, 3.05) is 19.0 Å². The van der Waals surface area contributed by atoms with E-state index in [1.807, 2.05) is 6.07 Å². The van der Waals surface area contributed by atoms with Crippen LogP contribution in [0, 0.1) is 30.1 Å². The van der Waals surface area contributed by atoms with Crippen molar-refractivity contribution in [2.45, 2.75) is 45.4 Å². The van der Waals surface area contributed by atoms with Gasteiger partial charge in [0.2, 0.25) is 0 Å². The van der Waals surface area contributed by atoms with E-state index >= 15 is 0 Å². The van der Waals surface area contributed by atoms with Crippen molar-refractivity contribution in [1.82, 2.24) is 4.98 Å². The molecule has 1 heterocycles. The molecule has 132 valence electrons. The number of pyridine rings is 1. The van der Waals surface area contributed by atoms with Crippen molar-refractivity contribution < 1.29 is 4.74 Å². The van der Waals surface area contributed by atoms with Gasteiger partial charge in [0.1, 0.15) is 5.75 Å². The predicted molar refractivity (Wildman–Crippen MR) is 102 cm³/mol. The van der Waals surface area contributed by atoms with Gasteiger partial charge in [-0.2, -0.15) is 0 Å². The van der Waals surface area contributed by atoms with Crippen LogP contribution in [0.1, 0.15) is 44.2 Å². The van der Waals surface area contributed by atoms with Gasteiger partial charge in [0.15, 0.2) is 0 Å². The monoisotopic (exact) mass is 336 g/mol. The van der Waals surface area contributed by atoms with Gasteiger partial charge < -0.3 is 10.1 Å². The molecule has 3 nitrogen and oxygen atoms in total. The minimum absolute atomic E-state index is 0.539. The summed E-state index contributed by atoms with van der Waals surface area (Å²) in [6.07, 6.45) is 8.85. The molecule has 0 unspecified atom stereocenters. The van der Waals surface area contributed by atoms with Crippen molar-refractivity contribution in [3.8, 4) is 5.75 Å². The van der Waals surface area contributed by atoms with Crippen LogP contribution >= 0.6 is 0 Å². The molecule has 0 saturated heterocycles. The first-order chi connectivity index (χ1) is 12.1. The molecular formula is C22H28N2O. The third-order valence-corrected chi connectivity index (χ3v) is 6.96. The first-order valence-corrected chi connectivity index (χ1v) is 9.82. The highest BCUT2D eigenvalue weighted by atomic mass is 16.5. The van der Waals surface area contributed by atoms with Crippen LogP contribution in [0.2, 0.25) is 0 Å². The second-order valence-electron chi connectivity index (χ2n) is 8.97. The van der Waals surface area contributed by atoms with Crippen molar-refractivity contribution in [2.24, 2.45) is 23.2 Å². The molecule has 3 heteroatoms. The molecule has 6 rings (SSSR count). The van der Waals surface area contributed by atoms with Crippen LogP contribution in [0.4, 0.5) is 5.69 Å². The molecule has 1 aromatic heterocycles. The van der Waals surface area contributed by atoms with Crippen LogP contribution in [0.3, 0.4) is 0 Å². The van der Waals surface area contributed by atoms with E-state index in [-0.39, 0.29) is 0 Å². The SMILES string of the molecule is COc1ccc2nc(C)cc(NCC34CC5CC(CC(C5)C3)C4)c2c1. The van der Waals surface area contributed by atoms with Gasteiger partial charge >= 0.3 is 0 Å². The molecule has 1 aromatic carbocycles. The number of hydrogen-bond donors (Lipinski definition) is 1. The van der Waals surface area contributed by atoms with E-state index in [4.69, 9.17) is 9.72 Å². The number of rotatable bonds is 4. The Kier molecular flexibility index (Phi) is 3.48. The predicted octanol–water partition coefficient (Wildman–Crippen LogP) is 5.18. The Morgan fingerprint density at radius 3 is 2.40 bits per heavy atom. The normalized spacial score (nSPS) is 33.0. The maximum absolute atomic E-state index is 5.43. The van der Waals surface area contributed by atoms with Crippen molar-refractivity contribution in [3.63, 3.8) is 0 Å². The van der Waals surface area contributed by atoms with Gasteiger partial charge in [-0.25, -0.2) is 0 Å². The zero-order valence-corrected chi connectivity index (χ0v) is 15.3. The summed E-state index contributed by atoms with van der Waals surface area (Å²) in [5, 5.41) is 5.02. The van der Waals surface area contributed by atoms with E-state index in [0.717, 1.165) is 41.3 Å². The number of fused-ring (bicyclic) bond motifs is 1. The average molecular weight is 336 g/mol. The molecule has 4 bridgehead atoms. The molecule has 1 N–H and O–H groups in total. The minimum Gasteiger partial charge on any atom is -0.497 e. The second-order valence-corrected chi connectivity index (χ2v) is 8.97. The van der Waals surface area contributed by atoms with Crippen molar-refractivity contribution in [1.29, 1.82) is 0 Å². The van der Waals surface area contributed by atoms with Crippen molar-refractivity contribution >= 4 is 16.6 Å². The van der Waals surface area contributed by atoms with Crippen LogP contribution in [0.5, 0.6) is 5.75 Å². The van der Waals surface area contributed by atoms with Crippen LogP contribution in [0.25, 0.3) is 10.9 Å². The van der Waals surface area contributed by atoms with E-state index in [0.29, 0.717) is 5.41 Å². The molecule has 0 aliphatic heterocycles. The number of nitrogens with zero attached hydrogens (tertiary/aromatic N) is 1. The number of methoxy groups -OCH3 is 1. The lowest BCUT2D eigenvalue weighted by Gasteiger charge is -2.57. The first kappa shape index (κ1) is 15.5. The Hall–Kier alpha value is -1.77. The lowest BCUT2D eigenvalue weighted by atomic mass is 9.49. The lowest BCUT2D eigenvalue weighted by molar-refractivity contribution is -0.0444. The number of nitrogens with one attached hydrogen (secondary N) is 1. The molecule has 0 spiro atoms. The highest BCUT2D eigenvalue weighted by molar-refractivity contribution is 5.92. The Labute approximate surface area is 150 Å². The number of anilines is 1. The molecule has 2 aromatic rings. The second kappa shape index (κ2) is 5.62. The van der Waals surface area contributed by atoms with E-state index in [9.17, 15) is 0 Å². The van der Waals surface area contributed by atoms with Gasteiger partial charge in [-0.1, -0.05) is 0 Å². The number of aromatic nitrogens is 1. The van der Waals surface area contributed by atoms with Crippen molar-refractivity contribution in [3.05, 3.63) is 30.0 Å². The lowest BCUT2D eigenvalue weighted by Crippen LogP contribution is -2.49. The maximum atomic E-state index is 5.43. The number of aryl methyl sites for hydroxylation is 1. The summed E-state index contributed by atoms with van der Waals surface area (Å²) in [4.78, 5) is 4.69. The summed E-state index contributed by atoms with van der Waals surface area (Å²) in [5.41, 5.74) is 3.88. The smallest absolute Gasteiger partial charge is 0.119 e.